The average molecular weight is 374 g/mol. The molecule has 0 saturated heterocycles. The van der Waals surface area contributed by atoms with E-state index in [1.54, 1.807) is 18.3 Å². The highest BCUT2D eigenvalue weighted by Crippen LogP contribution is 2.22. The van der Waals surface area contributed by atoms with Gasteiger partial charge in [-0.3, -0.25) is 4.79 Å². The molecule has 0 atom stereocenters. The lowest BCUT2D eigenvalue weighted by Crippen LogP contribution is -2.13. The number of nitrogens with zero attached hydrogens (tertiary/aromatic N) is 1. The molecule has 6 heteroatoms. The summed E-state index contributed by atoms with van der Waals surface area (Å²) in [4.78, 5) is 16.0. The lowest BCUT2D eigenvalue weighted by atomic mass is 10.2. The van der Waals surface area contributed by atoms with Gasteiger partial charge in [-0.15, -0.1) is 0 Å². The van der Waals surface area contributed by atoms with Crippen LogP contribution in [-0.4, -0.2) is 10.9 Å². The Morgan fingerprint density at radius 1 is 1.28 bits per heavy atom. The zero-order valence-corrected chi connectivity index (χ0v) is 12.1. The summed E-state index contributed by atoms with van der Waals surface area (Å²) in [7, 11) is 0. The Balaban J connectivity index is 2.25. The summed E-state index contributed by atoms with van der Waals surface area (Å²) in [6, 6.07) is 7.32. The maximum atomic E-state index is 12.9. The number of rotatable bonds is 2. The van der Waals surface area contributed by atoms with Crippen molar-refractivity contribution in [2.24, 2.45) is 0 Å². The van der Waals surface area contributed by atoms with E-state index in [-0.39, 0.29) is 5.91 Å². The highest BCUT2D eigenvalue weighted by Gasteiger charge is 2.12. The van der Waals surface area contributed by atoms with E-state index in [1.165, 1.54) is 18.2 Å². The molecule has 0 aliphatic carbocycles. The van der Waals surface area contributed by atoms with Gasteiger partial charge in [0, 0.05) is 10.7 Å². The van der Waals surface area contributed by atoms with Crippen LogP contribution in [0.25, 0.3) is 0 Å². The Morgan fingerprint density at radius 3 is 2.72 bits per heavy atom. The summed E-state index contributed by atoms with van der Waals surface area (Å²) in [6.45, 7) is 0. The van der Waals surface area contributed by atoms with Gasteiger partial charge in [0.2, 0.25) is 0 Å². The van der Waals surface area contributed by atoms with Crippen molar-refractivity contribution < 1.29 is 9.18 Å². The normalized spacial score (nSPS) is 10.2. The van der Waals surface area contributed by atoms with Crippen LogP contribution in [0.15, 0.2) is 45.6 Å². The monoisotopic (exact) mass is 372 g/mol. The van der Waals surface area contributed by atoms with Gasteiger partial charge in [0.25, 0.3) is 5.91 Å². The van der Waals surface area contributed by atoms with E-state index >= 15 is 0 Å². The molecular weight excluding hydrogens is 367 g/mol. The minimum absolute atomic E-state index is 0.337. The van der Waals surface area contributed by atoms with Crippen LogP contribution >= 0.6 is 31.9 Å². The van der Waals surface area contributed by atoms with Gasteiger partial charge in [0.15, 0.2) is 0 Å². The third-order valence-corrected chi connectivity index (χ3v) is 3.47. The number of carbonyl (C=O) groups excluding carboxylic acids is 1. The van der Waals surface area contributed by atoms with E-state index in [4.69, 9.17) is 0 Å². The SMILES string of the molecule is O=C(Nc1cccnc1Br)c1ccc(F)cc1Br. The molecule has 92 valence electrons. The van der Waals surface area contributed by atoms with Crippen molar-refractivity contribution in [3.8, 4) is 0 Å². The van der Waals surface area contributed by atoms with E-state index in [9.17, 15) is 9.18 Å². The summed E-state index contributed by atoms with van der Waals surface area (Å²) < 4.78 is 13.9. The number of halogens is 3. The highest BCUT2D eigenvalue weighted by molar-refractivity contribution is 9.10. The number of carbonyl (C=O) groups is 1. The second-order valence-electron chi connectivity index (χ2n) is 3.42. The maximum absolute atomic E-state index is 12.9. The Bertz CT molecular complexity index is 604. The number of aromatic nitrogens is 1. The van der Waals surface area contributed by atoms with Crippen LogP contribution in [0.3, 0.4) is 0 Å². The lowest BCUT2D eigenvalue weighted by molar-refractivity contribution is 0.102. The summed E-state index contributed by atoms with van der Waals surface area (Å²) in [5.74, 6) is -0.739. The maximum Gasteiger partial charge on any atom is 0.256 e. The van der Waals surface area contributed by atoms with Crippen molar-refractivity contribution in [2.75, 3.05) is 5.32 Å². The fraction of sp³-hybridized carbons (Fsp3) is 0. The Kier molecular flexibility index (Phi) is 4.08. The largest absolute Gasteiger partial charge is 0.320 e. The number of hydrogen-bond acceptors (Lipinski definition) is 2. The van der Waals surface area contributed by atoms with Crippen LogP contribution in [-0.2, 0) is 0 Å². The molecule has 0 bridgehead atoms. The van der Waals surface area contributed by atoms with Crippen LogP contribution in [0.4, 0.5) is 10.1 Å². The van der Waals surface area contributed by atoms with Crippen LogP contribution < -0.4 is 5.32 Å². The second kappa shape index (κ2) is 5.58. The average Bonchev–Trinajstić information content (AvgIpc) is 2.32. The first-order chi connectivity index (χ1) is 8.58. The zero-order valence-electron chi connectivity index (χ0n) is 8.95. The molecule has 2 aromatic rings. The topological polar surface area (TPSA) is 42.0 Å². The minimum Gasteiger partial charge on any atom is -0.320 e. The fourth-order valence-electron chi connectivity index (χ4n) is 1.34. The van der Waals surface area contributed by atoms with Gasteiger partial charge in [0.1, 0.15) is 10.4 Å². The highest BCUT2D eigenvalue weighted by atomic mass is 79.9. The second-order valence-corrected chi connectivity index (χ2v) is 5.03. The van der Waals surface area contributed by atoms with Crippen LogP contribution in [0.2, 0.25) is 0 Å². The van der Waals surface area contributed by atoms with E-state index in [0.29, 0.717) is 20.3 Å². The van der Waals surface area contributed by atoms with Crippen molar-refractivity contribution in [3.05, 3.63) is 57.0 Å². The molecule has 1 heterocycles. The van der Waals surface area contributed by atoms with Gasteiger partial charge in [-0.1, -0.05) is 0 Å². The van der Waals surface area contributed by atoms with E-state index in [0.717, 1.165) is 0 Å². The fourth-order valence-corrected chi connectivity index (χ4v) is 2.22. The molecule has 2 rings (SSSR count). The predicted octanol–water partition coefficient (Wildman–Crippen LogP) is 4.00. The zero-order chi connectivity index (χ0) is 13.1. The first-order valence-electron chi connectivity index (χ1n) is 4.95. The molecule has 0 unspecified atom stereocenters. The molecule has 0 fully saturated rings. The van der Waals surface area contributed by atoms with Gasteiger partial charge < -0.3 is 5.32 Å². The Hall–Kier alpha value is -1.27. The number of benzene rings is 1. The van der Waals surface area contributed by atoms with Crippen molar-refractivity contribution in [1.82, 2.24) is 4.98 Å². The Labute approximate surface area is 120 Å². The number of amides is 1. The van der Waals surface area contributed by atoms with Crippen molar-refractivity contribution in [1.29, 1.82) is 0 Å². The first-order valence-corrected chi connectivity index (χ1v) is 6.53. The van der Waals surface area contributed by atoms with Crippen molar-refractivity contribution >= 4 is 43.5 Å². The van der Waals surface area contributed by atoms with Crippen molar-refractivity contribution in [3.63, 3.8) is 0 Å². The molecule has 0 radical (unpaired) electrons. The summed E-state index contributed by atoms with van der Waals surface area (Å²) >= 11 is 6.38. The van der Waals surface area contributed by atoms with Crippen LogP contribution in [0, 0.1) is 5.82 Å². The van der Waals surface area contributed by atoms with Gasteiger partial charge in [0.05, 0.1) is 11.3 Å². The molecule has 1 aromatic carbocycles. The molecule has 18 heavy (non-hydrogen) atoms. The molecule has 3 nitrogen and oxygen atoms in total. The molecule has 0 aliphatic heterocycles. The molecule has 1 amide bonds. The van der Waals surface area contributed by atoms with Gasteiger partial charge >= 0.3 is 0 Å². The number of anilines is 1. The number of nitrogens with one attached hydrogen (secondary N) is 1. The standard InChI is InChI=1S/C12H7Br2FN2O/c13-9-6-7(15)3-4-8(9)12(18)17-10-2-1-5-16-11(10)14/h1-6H,(H,17,18). The van der Waals surface area contributed by atoms with Crippen LogP contribution in [0.5, 0.6) is 0 Å². The molecule has 1 aromatic heterocycles. The predicted molar refractivity (Wildman–Crippen MR) is 74.0 cm³/mol. The van der Waals surface area contributed by atoms with Gasteiger partial charge in [-0.05, 0) is 62.2 Å². The number of hydrogen-bond donors (Lipinski definition) is 1. The van der Waals surface area contributed by atoms with Crippen molar-refractivity contribution in [2.45, 2.75) is 0 Å². The molecule has 1 N–H and O–H groups in total. The summed E-state index contributed by atoms with van der Waals surface area (Å²) in [5.41, 5.74) is 0.908. The van der Waals surface area contributed by atoms with Gasteiger partial charge in [-0.2, -0.15) is 0 Å². The quantitative estimate of drug-likeness (QED) is 0.808. The van der Waals surface area contributed by atoms with E-state index in [1.807, 2.05) is 0 Å². The minimum atomic E-state index is -0.402. The smallest absolute Gasteiger partial charge is 0.256 e. The van der Waals surface area contributed by atoms with E-state index < -0.39 is 5.82 Å². The lowest BCUT2D eigenvalue weighted by Gasteiger charge is -2.07. The number of pyridine rings is 1. The van der Waals surface area contributed by atoms with Crippen LogP contribution in [0.1, 0.15) is 10.4 Å². The molecule has 0 saturated carbocycles. The summed E-state index contributed by atoms with van der Waals surface area (Å²) in [5, 5.41) is 2.69. The molecule has 0 aliphatic rings. The molecular formula is C12H7Br2FN2O. The third kappa shape index (κ3) is 2.94. The first kappa shape index (κ1) is 13.2. The van der Waals surface area contributed by atoms with E-state index in [2.05, 4.69) is 42.2 Å². The third-order valence-electron chi connectivity index (χ3n) is 2.18. The molecule has 0 spiro atoms. The summed E-state index contributed by atoms with van der Waals surface area (Å²) in [6.07, 6.45) is 1.60. The Morgan fingerprint density at radius 2 is 2.06 bits per heavy atom. The van der Waals surface area contributed by atoms with Gasteiger partial charge in [-0.25, -0.2) is 9.37 Å².